The fourth-order valence-corrected chi connectivity index (χ4v) is 2.76. The highest BCUT2D eigenvalue weighted by Gasteiger charge is 2.28. The molecule has 0 spiro atoms. The summed E-state index contributed by atoms with van der Waals surface area (Å²) in [6.45, 7) is 1.92. The van der Waals surface area contributed by atoms with Crippen molar-refractivity contribution in [2.45, 2.75) is 51.6 Å². The van der Waals surface area contributed by atoms with Crippen LogP contribution in [-0.4, -0.2) is 22.9 Å². The van der Waals surface area contributed by atoms with Crippen molar-refractivity contribution in [2.75, 3.05) is 0 Å². The van der Waals surface area contributed by atoms with Crippen molar-refractivity contribution < 1.29 is 9.59 Å². The van der Waals surface area contributed by atoms with Crippen molar-refractivity contribution in [3.63, 3.8) is 0 Å². The summed E-state index contributed by atoms with van der Waals surface area (Å²) >= 11 is 0. The Hall–Kier alpha value is -1.84. The van der Waals surface area contributed by atoms with Gasteiger partial charge in [0, 0.05) is 19.5 Å². The Balaban J connectivity index is 1.95. The zero-order valence-electron chi connectivity index (χ0n) is 12.0. The molecule has 0 atom stereocenters. The van der Waals surface area contributed by atoms with Crippen LogP contribution in [0.4, 0.5) is 4.79 Å². The van der Waals surface area contributed by atoms with E-state index in [1.54, 1.807) is 0 Å². The average Bonchev–Trinajstić information content (AvgIpc) is 2.47. The number of amides is 3. The van der Waals surface area contributed by atoms with Crippen LogP contribution in [0.15, 0.2) is 30.3 Å². The first-order valence-corrected chi connectivity index (χ1v) is 7.30. The topological polar surface area (TPSA) is 49.4 Å². The molecule has 3 amide bonds. The molecule has 0 aromatic heterocycles. The summed E-state index contributed by atoms with van der Waals surface area (Å²) in [5.41, 5.74) is 1.04. The van der Waals surface area contributed by atoms with E-state index in [2.05, 4.69) is 5.32 Å². The molecule has 1 aromatic rings. The first-order chi connectivity index (χ1) is 9.68. The standard InChI is InChI=1S/C16H22N2O2/c1-13(19)18(15-10-6-3-7-11-15)16(20)17-12-14-8-4-2-5-9-14/h2,4-5,8-9,15H,3,6-7,10-12H2,1H3,(H,17,20). The van der Waals surface area contributed by atoms with Crippen LogP contribution in [0.1, 0.15) is 44.6 Å². The molecule has 1 aliphatic carbocycles. The normalized spacial score (nSPS) is 15.7. The molecular formula is C16H22N2O2. The van der Waals surface area contributed by atoms with Crippen LogP contribution >= 0.6 is 0 Å². The van der Waals surface area contributed by atoms with E-state index in [-0.39, 0.29) is 18.0 Å². The predicted molar refractivity (Wildman–Crippen MR) is 78.1 cm³/mol. The minimum absolute atomic E-state index is 0.0667. The van der Waals surface area contributed by atoms with Crippen LogP contribution < -0.4 is 5.32 Å². The second-order valence-corrected chi connectivity index (χ2v) is 5.33. The third-order valence-corrected chi connectivity index (χ3v) is 3.78. The highest BCUT2D eigenvalue weighted by molar-refractivity contribution is 5.93. The van der Waals surface area contributed by atoms with Gasteiger partial charge in [0.15, 0.2) is 0 Å². The van der Waals surface area contributed by atoms with E-state index in [1.807, 2.05) is 30.3 Å². The summed E-state index contributed by atoms with van der Waals surface area (Å²) in [5.74, 6) is -0.164. The molecule has 1 saturated carbocycles. The van der Waals surface area contributed by atoms with Crippen LogP contribution in [0.3, 0.4) is 0 Å². The molecule has 4 nitrogen and oxygen atoms in total. The van der Waals surface area contributed by atoms with Gasteiger partial charge in [-0.15, -0.1) is 0 Å². The molecule has 1 aromatic carbocycles. The second-order valence-electron chi connectivity index (χ2n) is 5.33. The molecule has 0 aliphatic heterocycles. The van der Waals surface area contributed by atoms with Crippen LogP contribution in [0.25, 0.3) is 0 Å². The highest BCUT2D eigenvalue weighted by Crippen LogP contribution is 2.22. The van der Waals surface area contributed by atoms with Gasteiger partial charge >= 0.3 is 6.03 Å². The van der Waals surface area contributed by atoms with Crippen molar-refractivity contribution in [1.82, 2.24) is 10.2 Å². The van der Waals surface area contributed by atoms with Gasteiger partial charge in [0.05, 0.1) is 0 Å². The smallest absolute Gasteiger partial charge is 0.324 e. The summed E-state index contributed by atoms with van der Waals surface area (Å²) in [4.78, 5) is 25.4. The summed E-state index contributed by atoms with van der Waals surface area (Å²) in [6.07, 6.45) is 5.26. The Bertz CT molecular complexity index is 453. The van der Waals surface area contributed by atoms with Gasteiger partial charge in [-0.05, 0) is 18.4 Å². The number of hydrogen-bond acceptors (Lipinski definition) is 2. The van der Waals surface area contributed by atoms with Gasteiger partial charge in [-0.3, -0.25) is 9.69 Å². The first kappa shape index (κ1) is 14.6. The van der Waals surface area contributed by atoms with E-state index in [9.17, 15) is 9.59 Å². The van der Waals surface area contributed by atoms with Gasteiger partial charge in [0.2, 0.25) is 5.91 Å². The summed E-state index contributed by atoms with van der Waals surface area (Å²) in [6, 6.07) is 9.52. The molecule has 2 rings (SSSR count). The molecule has 0 radical (unpaired) electrons. The van der Waals surface area contributed by atoms with E-state index in [0.29, 0.717) is 6.54 Å². The highest BCUT2D eigenvalue weighted by atomic mass is 16.2. The third-order valence-electron chi connectivity index (χ3n) is 3.78. The van der Waals surface area contributed by atoms with Gasteiger partial charge < -0.3 is 5.32 Å². The van der Waals surface area contributed by atoms with Crippen molar-refractivity contribution in [3.8, 4) is 0 Å². The van der Waals surface area contributed by atoms with Gasteiger partial charge in [-0.1, -0.05) is 49.6 Å². The Morgan fingerprint density at radius 2 is 1.80 bits per heavy atom. The van der Waals surface area contributed by atoms with Gasteiger partial charge in [-0.2, -0.15) is 0 Å². The molecule has 108 valence electrons. The summed E-state index contributed by atoms with van der Waals surface area (Å²) in [5, 5.41) is 2.84. The van der Waals surface area contributed by atoms with Crippen LogP contribution in [0.5, 0.6) is 0 Å². The molecule has 4 heteroatoms. The first-order valence-electron chi connectivity index (χ1n) is 7.30. The fourth-order valence-electron chi connectivity index (χ4n) is 2.76. The lowest BCUT2D eigenvalue weighted by molar-refractivity contribution is -0.128. The third kappa shape index (κ3) is 3.83. The number of imide groups is 1. The molecular weight excluding hydrogens is 252 g/mol. The average molecular weight is 274 g/mol. The van der Waals surface area contributed by atoms with Gasteiger partial charge in [0.1, 0.15) is 0 Å². The SMILES string of the molecule is CC(=O)N(C(=O)NCc1ccccc1)C1CCCCC1. The van der Waals surface area contributed by atoms with Gasteiger partial charge in [-0.25, -0.2) is 4.79 Å². The maximum atomic E-state index is 12.3. The maximum absolute atomic E-state index is 12.3. The van der Waals surface area contributed by atoms with Crippen molar-refractivity contribution >= 4 is 11.9 Å². The van der Waals surface area contributed by atoms with Gasteiger partial charge in [0.25, 0.3) is 0 Å². The zero-order valence-corrected chi connectivity index (χ0v) is 12.0. The van der Waals surface area contributed by atoms with E-state index in [0.717, 1.165) is 31.2 Å². The fraction of sp³-hybridized carbons (Fsp3) is 0.500. The Kier molecular flexibility index (Phi) is 5.16. The molecule has 20 heavy (non-hydrogen) atoms. The van der Waals surface area contributed by atoms with E-state index >= 15 is 0 Å². The monoisotopic (exact) mass is 274 g/mol. The Labute approximate surface area is 120 Å². The number of rotatable bonds is 3. The van der Waals surface area contributed by atoms with Crippen molar-refractivity contribution in [3.05, 3.63) is 35.9 Å². The van der Waals surface area contributed by atoms with Crippen LogP contribution in [-0.2, 0) is 11.3 Å². The molecule has 1 N–H and O–H groups in total. The van der Waals surface area contributed by atoms with Crippen molar-refractivity contribution in [2.24, 2.45) is 0 Å². The number of nitrogens with one attached hydrogen (secondary N) is 1. The quantitative estimate of drug-likeness (QED) is 0.920. The molecule has 0 unspecified atom stereocenters. The van der Waals surface area contributed by atoms with Crippen molar-refractivity contribution in [1.29, 1.82) is 0 Å². The number of carbonyl (C=O) groups excluding carboxylic acids is 2. The minimum atomic E-state index is -0.270. The van der Waals surface area contributed by atoms with E-state index in [1.165, 1.54) is 18.2 Å². The molecule has 1 fully saturated rings. The van der Waals surface area contributed by atoms with Crippen LogP contribution in [0.2, 0.25) is 0 Å². The lowest BCUT2D eigenvalue weighted by Gasteiger charge is -2.32. The van der Waals surface area contributed by atoms with E-state index < -0.39 is 0 Å². The van der Waals surface area contributed by atoms with E-state index in [4.69, 9.17) is 0 Å². The predicted octanol–water partition coefficient (Wildman–Crippen LogP) is 3.08. The number of benzene rings is 1. The number of urea groups is 1. The lowest BCUT2D eigenvalue weighted by atomic mass is 9.94. The number of nitrogens with zero attached hydrogens (tertiary/aromatic N) is 1. The van der Waals surface area contributed by atoms with Crippen LogP contribution in [0, 0.1) is 0 Å². The Morgan fingerprint density at radius 1 is 1.15 bits per heavy atom. The lowest BCUT2D eigenvalue weighted by Crippen LogP contribution is -2.49. The minimum Gasteiger partial charge on any atom is -0.334 e. The molecule has 0 heterocycles. The number of hydrogen-bond donors (Lipinski definition) is 1. The Morgan fingerprint density at radius 3 is 2.40 bits per heavy atom. The largest absolute Gasteiger partial charge is 0.334 e. The second kappa shape index (κ2) is 7.08. The molecule has 0 saturated heterocycles. The molecule has 1 aliphatic rings. The molecule has 0 bridgehead atoms. The number of carbonyl (C=O) groups is 2. The maximum Gasteiger partial charge on any atom is 0.324 e. The zero-order chi connectivity index (χ0) is 14.4. The summed E-state index contributed by atoms with van der Waals surface area (Å²) < 4.78 is 0. The summed E-state index contributed by atoms with van der Waals surface area (Å²) in [7, 11) is 0.